The van der Waals surface area contributed by atoms with Crippen LogP contribution in [0.25, 0.3) is 16.9 Å². The number of nitrogens with zero attached hydrogens (tertiary/aromatic N) is 4. The summed E-state index contributed by atoms with van der Waals surface area (Å²) in [7, 11) is 0. The van der Waals surface area contributed by atoms with Crippen LogP contribution in [0, 0.1) is 0 Å². The molecule has 0 spiro atoms. The van der Waals surface area contributed by atoms with Gasteiger partial charge in [0, 0.05) is 39.3 Å². The third-order valence-electron chi connectivity index (χ3n) is 3.54. The van der Waals surface area contributed by atoms with E-state index in [-0.39, 0.29) is 0 Å². The van der Waals surface area contributed by atoms with Crippen molar-refractivity contribution in [1.29, 1.82) is 0 Å². The fourth-order valence-corrected chi connectivity index (χ4v) is 3.06. The summed E-state index contributed by atoms with van der Waals surface area (Å²) in [5, 5.41) is 4.05. The van der Waals surface area contributed by atoms with Crippen LogP contribution in [0.4, 0.5) is 11.5 Å². The molecular weight excluding hydrogens is 390 g/mol. The van der Waals surface area contributed by atoms with Gasteiger partial charge >= 0.3 is 0 Å². The van der Waals surface area contributed by atoms with Crippen LogP contribution < -0.4 is 5.32 Å². The molecule has 0 aliphatic carbocycles. The van der Waals surface area contributed by atoms with Gasteiger partial charge in [-0.1, -0.05) is 17.7 Å². The van der Waals surface area contributed by atoms with E-state index in [0.717, 1.165) is 32.9 Å². The molecule has 1 aromatic carbocycles. The number of anilines is 2. The second-order valence-electron chi connectivity index (χ2n) is 5.11. The fourth-order valence-electron chi connectivity index (χ4n) is 2.46. The first-order valence-electron chi connectivity index (χ1n) is 7.17. The molecule has 118 valence electrons. The number of fused-ring (bicyclic) bond motifs is 1. The van der Waals surface area contributed by atoms with Crippen molar-refractivity contribution in [3.05, 3.63) is 70.8 Å². The summed E-state index contributed by atoms with van der Waals surface area (Å²) in [6.07, 6.45) is 6.95. The van der Waals surface area contributed by atoms with Gasteiger partial charge in [0.15, 0.2) is 0 Å². The molecular formula is C17H11BrClN5. The first-order valence-corrected chi connectivity index (χ1v) is 8.34. The Morgan fingerprint density at radius 2 is 1.96 bits per heavy atom. The molecule has 0 bridgehead atoms. The van der Waals surface area contributed by atoms with Crippen molar-refractivity contribution >= 4 is 44.7 Å². The molecule has 0 unspecified atom stereocenters. The average molecular weight is 401 g/mol. The van der Waals surface area contributed by atoms with E-state index < -0.39 is 0 Å². The van der Waals surface area contributed by atoms with E-state index in [1.807, 2.05) is 40.8 Å². The van der Waals surface area contributed by atoms with Crippen LogP contribution in [0.3, 0.4) is 0 Å². The summed E-state index contributed by atoms with van der Waals surface area (Å²) < 4.78 is 2.82. The fraction of sp³-hybridized carbons (Fsp3) is 0. The highest BCUT2D eigenvalue weighted by molar-refractivity contribution is 9.10. The molecule has 0 amide bonds. The van der Waals surface area contributed by atoms with Gasteiger partial charge in [-0.25, -0.2) is 9.97 Å². The molecule has 5 nitrogen and oxygen atoms in total. The minimum absolute atomic E-state index is 0.663. The largest absolute Gasteiger partial charge is 0.339 e. The zero-order chi connectivity index (χ0) is 16.5. The third-order valence-corrected chi connectivity index (χ3v) is 4.47. The lowest BCUT2D eigenvalue weighted by atomic mass is 10.2. The standard InChI is InChI=1S/C17H11BrClN5/c18-14-4-6-20-9-13(14)16-17(22-12-3-1-2-11(19)8-12)24-10-21-7-5-15(24)23-16/h1-10,22H. The van der Waals surface area contributed by atoms with E-state index >= 15 is 0 Å². The molecule has 3 heterocycles. The SMILES string of the molecule is Clc1cccc(Nc2c(-c3cnccc3Br)nc3ccncn23)c1. The quantitative estimate of drug-likeness (QED) is 0.528. The second-order valence-corrected chi connectivity index (χ2v) is 6.40. The minimum Gasteiger partial charge on any atom is -0.339 e. The molecule has 4 rings (SSSR count). The number of imidazole rings is 1. The van der Waals surface area contributed by atoms with Gasteiger partial charge in [-0.2, -0.15) is 0 Å². The third kappa shape index (κ3) is 2.74. The lowest BCUT2D eigenvalue weighted by Gasteiger charge is -2.09. The highest BCUT2D eigenvalue weighted by Crippen LogP contribution is 2.34. The van der Waals surface area contributed by atoms with Gasteiger partial charge in [0.2, 0.25) is 0 Å². The molecule has 0 fully saturated rings. The van der Waals surface area contributed by atoms with Crippen molar-refractivity contribution in [2.24, 2.45) is 0 Å². The predicted molar refractivity (Wildman–Crippen MR) is 98.7 cm³/mol. The van der Waals surface area contributed by atoms with Gasteiger partial charge in [-0.3, -0.25) is 9.38 Å². The van der Waals surface area contributed by atoms with Crippen LogP contribution in [0.2, 0.25) is 5.02 Å². The molecule has 0 aliphatic rings. The highest BCUT2D eigenvalue weighted by Gasteiger charge is 2.16. The summed E-state index contributed by atoms with van der Waals surface area (Å²) in [5.74, 6) is 0.800. The van der Waals surface area contributed by atoms with Crippen molar-refractivity contribution in [3.8, 4) is 11.3 Å². The second kappa shape index (κ2) is 6.22. The van der Waals surface area contributed by atoms with E-state index in [4.69, 9.17) is 16.6 Å². The van der Waals surface area contributed by atoms with E-state index in [0.29, 0.717) is 5.02 Å². The lowest BCUT2D eigenvalue weighted by Crippen LogP contribution is -1.97. The Hall–Kier alpha value is -2.44. The topological polar surface area (TPSA) is 55.1 Å². The molecule has 7 heteroatoms. The molecule has 0 atom stereocenters. The number of halogens is 2. The summed E-state index contributed by atoms with van der Waals surface area (Å²) in [6, 6.07) is 11.3. The smallest absolute Gasteiger partial charge is 0.144 e. The maximum absolute atomic E-state index is 6.09. The van der Waals surface area contributed by atoms with Crippen molar-refractivity contribution < 1.29 is 0 Å². The number of rotatable bonds is 3. The minimum atomic E-state index is 0.663. The van der Waals surface area contributed by atoms with Crippen LogP contribution >= 0.6 is 27.5 Å². The number of hydrogen-bond donors (Lipinski definition) is 1. The summed E-state index contributed by atoms with van der Waals surface area (Å²) in [5.41, 5.74) is 3.34. The van der Waals surface area contributed by atoms with Crippen LogP contribution in [-0.2, 0) is 0 Å². The lowest BCUT2D eigenvalue weighted by molar-refractivity contribution is 1.09. The Balaban J connectivity index is 1.92. The van der Waals surface area contributed by atoms with E-state index in [9.17, 15) is 0 Å². The zero-order valence-corrected chi connectivity index (χ0v) is 14.7. The predicted octanol–water partition coefficient (Wildman–Crippen LogP) is 4.95. The van der Waals surface area contributed by atoms with Crippen LogP contribution in [-0.4, -0.2) is 19.4 Å². The van der Waals surface area contributed by atoms with Gasteiger partial charge < -0.3 is 5.32 Å². The summed E-state index contributed by atoms with van der Waals surface area (Å²) >= 11 is 9.66. The average Bonchev–Trinajstić information content (AvgIpc) is 2.94. The van der Waals surface area contributed by atoms with Crippen LogP contribution in [0.1, 0.15) is 0 Å². The maximum Gasteiger partial charge on any atom is 0.144 e. The van der Waals surface area contributed by atoms with Gasteiger partial charge in [0.1, 0.15) is 23.5 Å². The van der Waals surface area contributed by atoms with Gasteiger partial charge in [-0.05, 0) is 46.3 Å². The number of aromatic nitrogens is 4. The molecule has 4 aromatic rings. The van der Waals surface area contributed by atoms with Gasteiger partial charge in [0.05, 0.1) is 0 Å². The Bertz CT molecular complexity index is 1030. The first-order chi connectivity index (χ1) is 11.7. The Kier molecular flexibility index (Phi) is 3.92. The molecule has 1 N–H and O–H groups in total. The van der Waals surface area contributed by atoms with Crippen molar-refractivity contribution in [2.45, 2.75) is 0 Å². The number of hydrogen-bond acceptors (Lipinski definition) is 4. The Morgan fingerprint density at radius 3 is 2.79 bits per heavy atom. The monoisotopic (exact) mass is 399 g/mol. The molecule has 0 radical (unpaired) electrons. The molecule has 0 saturated carbocycles. The van der Waals surface area contributed by atoms with E-state index in [1.54, 1.807) is 24.9 Å². The van der Waals surface area contributed by atoms with Crippen LogP contribution in [0.5, 0.6) is 0 Å². The van der Waals surface area contributed by atoms with Gasteiger partial charge in [-0.15, -0.1) is 0 Å². The summed E-state index contributed by atoms with van der Waals surface area (Å²) in [6.45, 7) is 0. The molecule has 0 aliphatic heterocycles. The highest BCUT2D eigenvalue weighted by atomic mass is 79.9. The van der Waals surface area contributed by atoms with E-state index in [1.165, 1.54) is 0 Å². The molecule has 24 heavy (non-hydrogen) atoms. The number of nitrogens with one attached hydrogen (secondary N) is 1. The molecule has 3 aromatic heterocycles. The zero-order valence-electron chi connectivity index (χ0n) is 12.3. The Morgan fingerprint density at radius 1 is 1.08 bits per heavy atom. The van der Waals surface area contributed by atoms with Crippen molar-refractivity contribution in [1.82, 2.24) is 19.4 Å². The number of pyridine rings is 1. The van der Waals surface area contributed by atoms with E-state index in [2.05, 4.69) is 31.2 Å². The van der Waals surface area contributed by atoms with Crippen molar-refractivity contribution in [3.63, 3.8) is 0 Å². The Labute approximate surface area is 151 Å². The number of benzene rings is 1. The van der Waals surface area contributed by atoms with Crippen LogP contribution in [0.15, 0.2) is 65.8 Å². The first kappa shape index (κ1) is 15.1. The maximum atomic E-state index is 6.09. The summed E-state index contributed by atoms with van der Waals surface area (Å²) in [4.78, 5) is 13.1. The molecule has 0 saturated heterocycles. The van der Waals surface area contributed by atoms with Gasteiger partial charge in [0.25, 0.3) is 0 Å². The normalized spacial score (nSPS) is 10.9. The van der Waals surface area contributed by atoms with Crippen molar-refractivity contribution in [2.75, 3.05) is 5.32 Å².